The van der Waals surface area contributed by atoms with E-state index in [-0.39, 0.29) is 11.4 Å². The van der Waals surface area contributed by atoms with Crippen molar-refractivity contribution in [2.24, 2.45) is 0 Å². The number of carbonyl (C=O) groups excluding carboxylic acids is 2. The second kappa shape index (κ2) is 8.22. The third kappa shape index (κ3) is 4.76. The SMILES string of the molecule is O=C(COc1ccccc1[N+](=O)[O-])NNC(=O)c1cc(Br)c(Br)s1. The number of nitro groups is 1. The van der Waals surface area contributed by atoms with E-state index in [2.05, 4.69) is 42.7 Å². The number of nitrogens with zero attached hydrogens (tertiary/aromatic N) is 1. The van der Waals surface area contributed by atoms with Gasteiger partial charge in [-0.05, 0) is 44.0 Å². The number of nitro benzene ring substituents is 1. The molecule has 1 aromatic heterocycles. The van der Waals surface area contributed by atoms with Gasteiger partial charge in [-0.25, -0.2) is 0 Å². The van der Waals surface area contributed by atoms with Gasteiger partial charge in [-0.2, -0.15) is 0 Å². The Balaban J connectivity index is 1.86. The molecule has 11 heteroatoms. The maximum atomic E-state index is 11.8. The molecule has 2 amide bonds. The molecule has 0 fully saturated rings. The van der Waals surface area contributed by atoms with Gasteiger partial charge in [0.25, 0.3) is 11.8 Å². The van der Waals surface area contributed by atoms with Gasteiger partial charge in [0.2, 0.25) is 0 Å². The molecule has 2 N–H and O–H groups in total. The van der Waals surface area contributed by atoms with E-state index in [9.17, 15) is 19.7 Å². The van der Waals surface area contributed by atoms with Crippen LogP contribution in [0.5, 0.6) is 5.75 Å². The molecular weight excluding hydrogens is 470 g/mol. The first-order valence-electron chi connectivity index (χ1n) is 6.28. The Morgan fingerprint density at radius 2 is 1.96 bits per heavy atom. The van der Waals surface area contributed by atoms with Crippen molar-refractivity contribution < 1.29 is 19.2 Å². The van der Waals surface area contributed by atoms with Gasteiger partial charge in [0.1, 0.15) is 0 Å². The maximum Gasteiger partial charge on any atom is 0.310 e. The zero-order valence-electron chi connectivity index (χ0n) is 11.7. The van der Waals surface area contributed by atoms with Crippen molar-refractivity contribution in [1.82, 2.24) is 10.9 Å². The van der Waals surface area contributed by atoms with Crippen LogP contribution in [-0.2, 0) is 4.79 Å². The van der Waals surface area contributed by atoms with E-state index in [1.165, 1.54) is 29.5 Å². The fraction of sp³-hybridized carbons (Fsp3) is 0.0769. The Kier molecular flexibility index (Phi) is 6.29. The highest BCUT2D eigenvalue weighted by atomic mass is 79.9. The molecule has 0 aliphatic rings. The number of amides is 2. The molecule has 2 aromatic rings. The molecule has 8 nitrogen and oxygen atoms in total. The smallest absolute Gasteiger partial charge is 0.310 e. The van der Waals surface area contributed by atoms with E-state index >= 15 is 0 Å². The number of benzene rings is 1. The number of hydrogen-bond donors (Lipinski definition) is 2. The minimum absolute atomic E-state index is 0.0323. The van der Waals surface area contributed by atoms with Crippen molar-refractivity contribution in [3.8, 4) is 5.75 Å². The van der Waals surface area contributed by atoms with Crippen molar-refractivity contribution in [1.29, 1.82) is 0 Å². The summed E-state index contributed by atoms with van der Waals surface area (Å²) in [7, 11) is 0. The number of carbonyl (C=O) groups is 2. The van der Waals surface area contributed by atoms with Gasteiger partial charge in [-0.3, -0.25) is 30.6 Å². The largest absolute Gasteiger partial charge is 0.477 e. The van der Waals surface area contributed by atoms with Crippen LogP contribution in [0.15, 0.2) is 38.6 Å². The fourth-order valence-corrected chi connectivity index (χ4v) is 3.49. The molecule has 0 atom stereocenters. The first-order chi connectivity index (χ1) is 11.4. The van der Waals surface area contributed by atoms with E-state index < -0.39 is 23.3 Å². The van der Waals surface area contributed by atoms with Gasteiger partial charge in [0.05, 0.1) is 13.6 Å². The number of nitrogens with one attached hydrogen (secondary N) is 2. The van der Waals surface area contributed by atoms with Gasteiger partial charge < -0.3 is 4.74 Å². The summed E-state index contributed by atoms with van der Waals surface area (Å²) in [5, 5.41) is 10.8. The molecule has 126 valence electrons. The number of hydrazine groups is 1. The molecular formula is C13H9Br2N3O5S. The van der Waals surface area contributed by atoms with Crippen molar-refractivity contribution in [2.75, 3.05) is 6.61 Å². The van der Waals surface area contributed by atoms with Crippen molar-refractivity contribution in [3.63, 3.8) is 0 Å². The molecule has 24 heavy (non-hydrogen) atoms. The molecule has 0 aliphatic heterocycles. The summed E-state index contributed by atoms with van der Waals surface area (Å²) in [4.78, 5) is 34.1. The lowest BCUT2D eigenvalue weighted by Gasteiger charge is -2.08. The van der Waals surface area contributed by atoms with Gasteiger partial charge >= 0.3 is 5.69 Å². The summed E-state index contributed by atoms with van der Waals surface area (Å²) in [5.74, 6) is -1.18. The van der Waals surface area contributed by atoms with Gasteiger partial charge in [-0.15, -0.1) is 11.3 Å². The van der Waals surface area contributed by atoms with E-state index in [0.717, 1.165) is 8.26 Å². The van der Waals surface area contributed by atoms with Crippen molar-refractivity contribution in [2.45, 2.75) is 0 Å². The maximum absolute atomic E-state index is 11.8. The predicted octanol–water partition coefficient (Wildman–Crippen LogP) is 3.02. The normalized spacial score (nSPS) is 10.1. The number of para-hydroxylation sites is 2. The van der Waals surface area contributed by atoms with E-state index in [1.807, 2.05) is 0 Å². The Morgan fingerprint density at radius 1 is 1.25 bits per heavy atom. The molecule has 0 saturated carbocycles. The van der Waals surface area contributed by atoms with Crippen LogP contribution in [0.4, 0.5) is 5.69 Å². The molecule has 0 unspecified atom stereocenters. The highest BCUT2D eigenvalue weighted by molar-refractivity contribution is 9.13. The summed E-state index contributed by atoms with van der Waals surface area (Å²) in [5.41, 5.74) is 4.15. The number of halogens is 2. The number of ether oxygens (including phenoxy) is 1. The molecule has 2 rings (SSSR count). The lowest BCUT2D eigenvalue weighted by Crippen LogP contribution is -2.43. The van der Waals surface area contributed by atoms with E-state index in [4.69, 9.17) is 4.74 Å². The average molecular weight is 479 g/mol. The lowest BCUT2D eigenvalue weighted by molar-refractivity contribution is -0.385. The molecule has 0 bridgehead atoms. The summed E-state index contributed by atoms with van der Waals surface area (Å²) < 4.78 is 6.58. The molecule has 1 aromatic carbocycles. The van der Waals surface area contributed by atoms with Crippen LogP contribution in [0.2, 0.25) is 0 Å². The highest BCUT2D eigenvalue weighted by Gasteiger charge is 2.16. The lowest BCUT2D eigenvalue weighted by atomic mass is 10.3. The molecule has 0 spiro atoms. The zero-order valence-corrected chi connectivity index (χ0v) is 15.7. The minimum Gasteiger partial charge on any atom is -0.477 e. The standard InChI is InChI=1S/C13H9Br2N3O5S/c14-7-5-10(24-12(7)15)13(20)17-16-11(19)6-23-9-4-2-1-3-8(9)18(21)22/h1-5H,6H2,(H,16,19)(H,17,20). The quantitative estimate of drug-likeness (QED) is 0.506. The summed E-state index contributed by atoms with van der Waals surface area (Å²) >= 11 is 7.71. The molecule has 1 heterocycles. The number of hydrogen-bond acceptors (Lipinski definition) is 6. The van der Waals surface area contributed by atoms with E-state index in [1.54, 1.807) is 12.1 Å². The second-order valence-corrected chi connectivity index (χ2v) is 7.47. The Labute approximate surface area is 156 Å². The Morgan fingerprint density at radius 3 is 2.58 bits per heavy atom. The number of rotatable bonds is 5. The first kappa shape index (κ1) is 18.4. The van der Waals surface area contributed by atoms with Gasteiger partial charge in [0, 0.05) is 10.5 Å². The first-order valence-corrected chi connectivity index (χ1v) is 8.69. The molecule has 0 aliphatic carbocycles. The monoisotopic (exact) mass is 477 g/mol. The van der Waals surface area contributed by atoms with Crippen LogP contribution in [0.3, 0.4) is 0 Å². The molecule has 0 saturated heterocycles. The van der Waals surface area contributed by atoms with Crippen molar-refractivity contribution in [3.05, 3.63) is 53.6 Å². The summed E-state index contributed by atoms with van der Waals surface area (Å²) in [6.07, 6.45) is 0. The Hall–Kier alpha value is -1.98. The Bertz CT molecular complexity index is 776. The van der Waals surface area contributed by atoms with E-state index in [0.29, 0.717) is 4.88 Å². The van der Waals surface area contributed by atoms with Gasteiger partial charge in [0.15, 0.2) is 12.4 Å². The van der Waals surface area contributed by atoms with Crippen LogP contribution >= 0.6 is 43.2 Å². The predicted molar refractivity (Wildman–Crippen MR) is 93.9 cm³/mol. The van der Waals surface area contributed by atoms with Crippen LogP contribution in [0.1, 0.15) is 9.67 Å². The highest BCUT2D eigenvalue weighted by Crippen LogP contribution is 2.32. The van der Waals surface area contributed by atoms with Crippen molar-refractivity contribution >= 4 is 60.7 Å². The van der Waals surface area contributed by atoms with Gasteiger partial charge in [-0.1, -0.05) is 12.1 Å². The molecule has 0 radical (unpaired) electrons. The van der Waals surface area contributed by atoms with Crippen LogP contribution in [0.25, 0.3) is 0 Å². The third-order valence-corrected chi connectivity index (χ3v) is 5.86. The second-order valence-electron chi connectivity index (χ2n) is 4.25. The third-order valence-electron chi connectivity index (χ3n) is 2.61. The van der Waals surface area contributed by atoms with Crippen LogP contribution in [-0.4, -0.2) is 23.3 Å². The van der Waals surface area contributed by atoms with Crippen LogP contribution in [0, 0.1) is 10.1 Å². The minimum atomic E-state index is -0.656. The zero-order chi connectivity index (χ0) is 17.7. The summed E-state index contributed by atoms with van der Waals surface area (Å²) in [6.45, 7) is -0.483. The number of thiophene rings is 1. The van der Waals surface area contributed by atoms with Crippen LogP contribution < -0.4 is 15.6 Å². The average Bonchev–Trinajstić information content (AvgIpc) is 2.90. The topological polar surface area (TPSA) is 111 Å². The summed E-state index contributed by atoms with van der Waals surface area (Å²) in [6, 6.07) is 7.28. The fourth-order valence-electron chi connectivity index (χ4n) is 1.56.